The fourth-order valence-electron chi connectivity index (χ4n) is 4.55. The lowest BCUT2D eigenvalue weighted by Crippen LogP contribution is -3.29. The first-order valence-electron chi connectivity index (χ1n) is 9.54. The van der Waals surface area contributed by atoms with Crippen LogP contribution < -0.4 is 29.3 Å². The number of hydrogen-bond donors (Lipinski definition) is 3. The van der Waals surface area contributed by atoms with Gasteiger partial charge < -0.3 is 29.3 Å². The van der Waals surface area contributed by atoms with E-state index in [2.05, 4.69) is 18.3 Å². The van der Waals surface area contributed by atoms with E-state index in [0.29, 0.717) is 6.04 Å². The molecular weight excluding hydrogens is 318 g/mol. The van der Waals surface area contributed by atoms with Crippen LogP contribution in [-0.2, 0) is 6.54 Å². The molecule has 0 spiro atoms. The molecule has 0 bridgehead atoms. The first-order valence-corrected chi connectivity index (χ1v) is 9.54. The highest BCUT2D eigenvalue weighted by Crippen LogP contribution is 2.44. The normalized spacial score (nSPS) is 26.0. The monoisotopic (exact) mass is 352 g/mol. The fourth-order valence-corrected chi connectivity index (χ4v) is 4.55. The maximum Gasteiger partial charge on any atom is 0.203 e. The Labute approximate surface area is 151 Å². The van der Waals surface area contributed by atoms with Gasteiger partial charge in [0, 0.05) is 5.56 Å². The maximum absolute atomic E-state index is 5.82. The molecule has 2 heterocycles. The summed E-state index contributed by atoms with van der Waals surface area (Å²) in [6, 6.07) is 2.60. The Balaban J connectivity index is 1.91. The van der Waals surface area contributed by atoms with Crippen molar-refractivity contribution in [1.82, 2.24) is 0 Å². The molecule has 1 aromatic rings. The van der Waals surface area contributed by atoms with Crippen LogP contribution in [0.3, 0.4) is 0 Å². The van der Waals surface area contributed by atoms with E-state index in [0.717, 1.165) is 30.3 Å². The molecule has 1 aromatic carbocycles. The predicted octanol–water partition coefficient (Wildman–Crippen LogP) is -1.98. The smallest absolute Gasteiger partial charge is 0.203 e. The number of fused-ring (bicyclic) bond motifs is 1. The number of ether oxygens (including phenoxy) is 3. The van der Waals surface area contributed by atoms with E-state index in [1.807, 2.05) is 0 Å². The molecule has 25 heavy (non-hydrogen) atoms. The second-order valence-electron chi connectivity index (χ2n) is 7.16. The van der Waals surface area contributed by atoms with Gasteiger partial charge in [-0.25, -0.2) is 0 Å². The molecule has 4 N–H and O–H groups in total. The van der Waals surface area contributed by atoms with Crippen molar-refractivity contribution in [2.75, 3.05) is 60.6 Å². The van der Waals surface area contributed by atoms with Gasteiger partial charge in [-0.15, -0.1) is 0 Å². The lowest BCUT2D eigenvalue weighted by molar-refractivity contribution is -1.03. The topological polar surface area (TPSA) is 53.2 Å². The first-order chi connectivity index (χ1) is 12.2. The third kappa shape index (κ3) is 3.57. The molecule has 0 aromatic heterocycles. The zero-order valence-corrected chi connectivity index (χ0v) is 16.1. The van der Waals surface area contributed by atoms with Crippen LogP contribution in [0.25, 0.3) is 0 Å². The van der Waals surface area contributed by atoms with Crippen LogP contribution in [0, 0.1) is 0 Å². The zero-order valence-electron chi connectivity index (χ0n) is 16.1. The minimum absolute atomic E-state index is 0.460. The molecule has 0 aliphatic carbocycles. The van der Waals surface area contributed by atoms with Crippen molar-refractivity contribution in [2.24, 2.45) is 0 Å². The van der Waals surface area contributed by atoms with Crippen molar-refractivity contribution in [2.45, 2.75) is 25.9 Å². The van der Waals surface area contributed by atoms with Gasteiger partial charge in [-0.05, 0) is 12.5 Å². The molecule has 2 aliphatic rings. The highest BCUT2D eigenvalue weighted by molar-refractivity contribution is 5.60. The number of benzene rings is 1. The van der Waals surface area contributed by atoms with Gasteiger partial charge in [0.2, 0.25) is 5.75 Å². The van der Waals surface area contributed by atoms with Crippen LogP contribution in [0.4, 0.5) is 0 Å². The summed E-state index contributed by atoms with van der Waals surface area (Å²) in [5, 5.41) is 2.41. The third-order valence-electron chi connectivity index (χ3n) is 5.76. The Morgan fingerprint density at radius 2 is 1.76 bits per heavy atom. The molecule has 0 unspecified atom stereocenters. The first kappa shape index (κ1) is 18.3. The second kappa shape index (κ2) is 8.25. The molecular formula is C19H34N3O3+3. The average molecular weight is 352 g/mol. The summed E-state index contributed by atoms with van der Waals surface area (Å²) < 4.78 is 17.0. The lowest BCUT2D eigenvalue weighted by Gasteiger charge is -2.36. The van der Waals surface area contributed by atoms with Gasteiger partial charge >= 0.3 is 0 Å². The molecule has 1 atom stereocenters. The zero-order chi connectivity index (χ0) is 17.8. The lowest BCUT2D eigenvalue weighted by atomic mass is 9.92. The predicted molar refractivity (Wildman–Crippen MR) is 95.9 cm³/mol. The van der Waals surface area contributed by atoms with E-state index in [-0.39, 0.29) is 0 Å². The van der Waals surface area contributed by atoms with E-state index in [1.54, 1.807) is 31.1 Å². The average Bonchev–Trinajstić information content (AvgIpc) is 2.66. The van der Waals surface area contributed by atoms with Crippen molar-refractivity contribution < 1.29 is 29.3 Å². The van der Waals surface area contributed by atoms with E-state index in [1.165, 1.54) is 50.3 Å². The largest absolute Gasteiger partial charge is 0.493 e. The van der Waals surface area contributed by atoms with Crippen LogP contribution in [0.15, 0.2) is 6.07 Å². The van der Waals surface area contributed by atoms with Crippen molar-refractivity contribution in [3.63, 3.8) is 0 Å². The molecule has 0 amide bonds. The minimum Gasteiger partial charge on any atom is -0.493 e. The molecule has 2 aliphatic heterocycles. The quantitative estimate of drug-likeness (QED) is 0.557. The van der Waals surface area contributed by atoms with Crippen LogP contribution in [0.1, 0.15) is 30.5 Å². The molecule has 6 heteroatoms. The van der Waals surface area contributed by atoms with E-state index in [9.17, 15) is 0 Å². The van der Waals surface area contributed by atoms with Crippen molar-refractivity contribution in [1.29, 1.82) is 0 Å². The van der Waals surface area contributed by atoms with E-state index >= 15 is 0 Å². The summed E-state index contributed by atoms with van der Waals surface area (Å²) in [6.45, 7) is 10.7. The van der Waals surface area contributed by atoms with Crippen molar-refractivity contribution >= 4 is 0 Å². The van der Waals surface area contributed by atoms with Crippen molar-refractivity contribution in [3.8, 4) is 17.2 Å². The Morgan fingerprint density at radius 3 is 2.36 bits per heavy atom. The summed E-state index contributed by atoms with van der Waals surface area (Å²) in [5.74, 6) is 2.36. The van der Waals surface area contributed by atoms with Crippen LogP contribution in [0.5, 0.6) is 17.2 Å². The standard InChI is InChI=1S/C19H31N3O3/c1-5-6-21-7-9-22(10-8-21)15-13-20-12-14-11-16(23-2)18(24-3)19(25-4)17(14)15/h11,15,20H,5-10,12-13H2,1-4H3/p+3/t15-/m1/s1. The van der Waals surface area contributed by atoms with Crippen LogP contribution >= 0.6 is 0 Å². The molecule has 1 fully saturated rings. The van der Waals surface area contributed by atoms with Crippen LogP contribution in [-0.4, -0.2) is 60.6 Å². The number of rotatable bonds is 6. The number of quaternary nitrogens is 3. The van der Waals surface area contributed by atoms with E-state index < -0.39 is 0 Å². The molecule has 3 rings (SSSR count). The minimum atomic E-state index is 0.460. The van der Waals surface area contributed by atoms with Gasteiger partial charge in [0.15, 0.2) is 17.5 Å². The Kier molecular flexibility index (Phi) is 6.04. The van der Waals surface area contributed by atoms with Crippen molar-refractivity contribution in [3.05, 3.63) is 17.2 Å². The third-order valence-corrected chi connectivity index (χ3v) is 5.76. The second-order valence-corrected chi connectivity index (χ2v) is 7.16. The van der Waals surface area contributed by atoms with Gasteiger partial charge in [0.05, 0.1) is 33.4 Å². The molecule has 140 valence electrons. The number of methoxy groups -OCH3 is 3. The van der Waals surface area contributed by atoms with Crippen LogP contribution in [0.2, 0.25) is 0 Å². The number of hydrogen-bond acceptors (Lipinski definition) is 3. The maximum atomic E-state index is 5.82. The highest BCUT2D eigenvalue weighted by atomic mass is 16.5. The Morgan fingerprint density at radius 1 is 1.04 bits per heavy atom. The molecule has 0 saturated carbocycles. The number of nitrogens with two attached hydrogens (primary N) is 1. The van der Waals surface area contributed by atoms with E-state index in [4.69, 9.17) is 14.2 Å². The summed E-state index contributed by atoms with van der Waals surface area (Å²) in [4.78, 5) is 3.44. The number of nitrogens with one attached hydrogen (secondary N) is 2. The molecule has 1 saturated heterocycles. The SMILES string of the molecule is CCC[NH+]1CC[NH+]([C@@H]2C[NH2+]Cc3cc(OC)c(OC)c(OC)c32)CC1. The number of piperazine rings is 1. The molecule has 6 nitrogen and oxygen atoms in total. The summed E-state index contributed by atoms with van der Waals surface area (Å²) in [5.41, 5.74) is 2.65. The highest BCUT2D eigenvalue weighted by Gasteiger charge is 2.39. The van der Waals surface area contributed by atoms with Gasteiger partial charge in [-0.3, -0.25) is 0 Å². The fraction of sp³-hybridized carbons (Fsp3) is 0.684. The van der Waals surface area contributed by atoms with Gasteiger partial charge in [-0.1, -0.05) is 6.92 Å². The summed E-state index contributed by atoms with van der Waals surface area (Å²) in [7, 11) is 5.12. The van der Waals surface area contributed by atoms with Gasteiger partial charge in [-0.2, -0.15) is 0 Å². The summed E-state index contributed by atoms with van der Waals surface area (Å²) in [6.07, 6.45) is 1.27. The summed E-state index contributed by atoms with van der Waals surface area (Å²) >= 11 is 0. The Hall–Kier alpha value is -1.50. The Bertz CT molecular complexity index is 586. The van der Waals surface area contributed by atoms with Gasteiger partial charge in [0.25, 0.3) is 0 Å². The molecule has 0 radical (unpaired) electrons. The van der Waals surface area contributed by atoms with Gasteiger partial charge in [0.1, 0.15) is 39.3 Å².